The lowest BCUT2D eigenvalue weighted by atomic mass is 11.3. The molecule has 0 unspecified atom stereocenters. The Morgan fingerprint density at radius 2 is 0.923 bits per heavy atom. The summed E-state index contributed by atoms with van der Waals surface area (Å²) >= 11 is 0. The molecule has 0 amide bonds. The second-order valence-corrected chi connectivity index (χ2v) is 24.6. The Bertz CT molecular complexity index is 450. The van der Waals surface area contributed by atoms with Crippen LogP contribution in [0, 0.1) is 0 Å². The number of hydrogen-bond donors (Lipinski definition) is 0. The Hall–Kier alpha value is 0.284. The van der Waals surface area contributed by atoms with Crippen molar-refractivity contribution in [2.75, 3.05) is 21.3 Å². The number of rotatable bonds is 13. The van der Waals surface area contributed by atoms with Crippen molar-refractivity contribution >= 4 is 43.0 Å². The van der Waals surface area contributed by atoms with Crippen LogP contribution in [0.15, 0.2) is 24.6 Å². The zero-order valence-electron chi connectivity index (χ0n) is 17.9. The lowest BCUT2D eigenvalue weighted by Crippen LogP contribution is -2.63. The lowest BCUT2D eigenvalue weighted by Gasteiger charge is -2.42. The first-order valence-corrected chi connectivity index (χ1v) is 21.0. The van der Waals surface area contributed by atoms with E-state index in [1.807, 2.05) is 57.2 Å². The van der Waals surface area contributed by atoms with Gasteiger partial charge in [-0.1, -0.05) is 11.4 Å². The average Bonchev–Trinajstić information content (AvgIpc) is 2.50. The van der Waals surface area contributed by atoms with Crippen LogP contribution < -0.4 is 0 Å². The Labute approximate surface area is 164 Å². The minimum Gasteiger partial charge on any atom is -0.413 e. The first kappa shape index (κ1) is 26.3. The van der Waals surface area contributed by atoms with Gasteiger partial charge in [0.2, 0.25) is 16.6 Å². The molecule has 0 atom stereocenters. The molecule has 0 saturated heterocycles. The molecule has 0 aromatic rings. The van der Waals surface area contributed by atoms with E-state index in [0.29, 0.717) is 0 Å². The van der Waals surface area contributed by atoms with Crippen LogP contribution in [-0.2, 0) is 29.7 Å². The molecule has 0 heterocycles. The van der Waals surface area contributed by atoms with E-state index in [4.69, 9.17) is 29.7 Å². The fourth-order valence-electron chi connectivity index (χ4n) is 2.24. The maximum atomic E-state index is 6.44. The Kier molecular flexibility index (Phi) is 9.77. The topological polar surface area (TPSA) is 64.6 Å². The molecule has 0 aromatic carbocycles. The predicted molar refractivity (Wildman–Crippen MR) is 116 cm³/mol. The van der Waals surface area contributed by atoms with E-state index in [9.17, 15) is 0 Å². The Morgan fingerprint density at radius 3 is 1.19 bits per heavy atom. The normalized spacial score (nSPS) is 14.4. The summed E-state index contributed by atoms with van der Waals surface area (Å²) in [6, 6.07) is 0. The molecule has 0 radical (unpaired) electrons. The van der Waals surface area contributed by atoms with Crippen molar-refractivity contribution < 1.29 is 29.7 Å². The van der Waals surface area contributed by atoms with Gasteiger partial charge in [-0.15, -0.1) is 13.2 Å². The first-order chi connectivity index (χ1) is 11.6. The molecule has 0 fully saturated rings. The molecule has 0 bridgehead atoms. The molecule has 0 aliphatic rings. The van der Waals surface area contributed by atoms with E-state index in [0.717, 1.165) is 0 Å². The summed E-state index contributed by atoms with van der Waals surface area (Å²) in [5.41, 5.74) is 3.72. The van der Waals surface area contributed by atoms with Gasteiger partial charge in [-0.2, -0.15) is 0 Å². The Balaban J connectivity index is 5.69. The quantitative estimate of drug-likeness (QED) is 0.393. The molecular weight excluding hydrogens is 421 g/mol. The highest BCUT2D eigenvalue weighted by Crippen LogP contribution is 2.28. The van der Waals surface area contributed by atoms with E-state index in [1.165, 1.54) is 21.3 Å². The largest absolute Gasteiger partial charge is 0.669 e. The summed E-state index contributed by atoms with van der Waals surface area (Å²) in [5.74, 6) is 0. The zero-order chi connectivity index (χ0) is 20.9. The molecule has 0 spiro atoms. The third kappa shape index (κ3) is 8.53. The van der Waals surface area contributed by atoms with E-state index >= 15 is 0 Å². The fourth-order valence-corrected chi connectivity index (χ4v) is 20.2. The maximum Gasteiger partial charge on any atom is 0.669 e. The van der Waals surface area contributed by atoms with E-state index in [-0.39, 0.29) is 0 Å². The van der Waals surface area contributed by atoms with Crippen molar-refractivity contribution in [2.45, 2.75) is 45.8 Å². The summed E-state index contributed by atoms with van der Waals surface area (Å²) in [5, 5.41) is 0. The minimum atomic E-state index is -3.26. The molecule has 0 rings (SSSR count). The van der Waals surface area contributed by atoms with Crippen molar-refractivity contribution in [3.05, 3.63) is 24.6 Å². The molecule has 26 heavy (non-hydrogen) atoms. The summed E-state index contributed by atoms with van der Waals surface area (Å²) in [7, 11) is -8.94. The minimum absolute atomic E-state index is 1.49. The lowest BCUT2D eigenvalue weighted by molar-refractivity contribution is 0.0390. The number of hydrogen-bond acceptors (Lipinski definition) is 7. The van der Waals surface area contributed by atoms with Crippen molar-refractivity contribution in [2.24, 2.45) is 0 Å². The van der Waals surface area contributed by atoms with Crippen LogP contribution in [0.2, 0.25) is 45.8 Å². The standard InChI is InChI=1S/C14H36O7Si5/c1-13-22(6,7)18-25(12,19-23(8,9)14-2)20-24(10,11)21-26(15-3,16-4)17-5/h13-14H,1-2H2,3-12H3. The van der Waals surface area contributed by atoms with Gasteiger partial charge >= 0.3 is 26.4 Å². The third-order valence-corrected chi connectivity index (χ3v) is 20.5. The smallest absolute Gasteiger partial charge is 0.413 e. The molecule has 0 aromatic heterocycles. The van der Waals surface area contributed by atoms with Gasteiger partial charge in [-0.25, -0.2) is 0 Å². The van der Waals surface area contributed by atoms with Crippen molar-refractivity contribution in [1.29, 1.82) is 0 Å². The second kappa shape index (κ2) is 9.66. The van der Waals surface area contributed by atoms with Gasteiger partial charge in [0, 0.05) is 27.9 Å². The third-order valence-electron chi connectivity index (χ3n) is 3.43. The predicted octanol–water partition coefficient (Wildman–Crippen LogP) is 3.56. The maximum absolute atomic E-state index is 6.44. The monoisotopic (exact) mass is 456 g/mol. The van der Waals surface area contributed by atoms with Crippen molar-refractivity contribution in [1.82, 2.24) is 0 Å². The molecule has 0 aliphatic carbocycles. The van der Waals surface area contributed by atoms with Crippen molar-refractivity contribution in [3.63, 3.8) is 0 Å². The molecule has 0 N–H and O–H groups in total. The summed E-state index contributed by atoms with van der Waals surface area (Å²) in [4.78, 5) is 0. The van der Waals surface area contributed by atoms with Crippen LogP contribution in [0.5, 0.6) is 0 Å². The molecule has 0 aliphatic heterocycles. The van der Waals surface area contributed by atoms with Crippen LogP contribution in [-0.4, -0.2) is 64.4 Å². The summed E-state index contributed by atoms with van der Waals surface area (Å²) < 4.78 is 41.5. The fraction of sp³-hybridized carbons (Fsp3) is 0.714. The highest BCUT2D eigenvalue weighted by atomic mass is 28.5. The van der Waals surface area contributed by atoms with Crippen LogP contribution in [0.3, 0.4) is 0 Å². The van der Waals surface area contributed by atoms with Gasteiger partial charge in [0.15, 0.2) is 0 Å². The van der Waals surface area contributed by atoms with Crippen LogP contribution in [0.1, 0.15) is 0 Å². The van der Waals surface area contributed by atoms with Crippen LogP contribution >= 0.6 is 0 Å². The van der Waals surface area contributed by atoms with Crippen LogP contribution in [0.4, 0.5) is 0 Å². The zero-order valence-corrected chi connectivity index (χ0v) is 22.9. The van der Waals surface area contributed by atoms with Gasteiger partial charge < -0.3 is 29.7 Å². The van der Waals surface area contributed by atoms with Gasteiger partial charge in [-0.3, -0.25) is 0 Å². The first-order valence-electron chi connectivity index (χ1n) is 8.36. The molecule has 7 nitrogen and oxygen atoms in total. The van der Waals surface area contributed by atoms with Crippen LogP contribution in [0.25, 0.3) is 0 Å². The van der Waals surface area contributed by atoms with Gasteiger partial charge in [0.25, 0.3) is 0 Å². The highest BCUT2D eigenvalue weighted by Gasteiger charge is 2.54. The van der Waals surface area contributed by atoms with E-state index in [2.05, 4.69) is 13.2 Å². The molecule has 154 valence electrons. The van der Waals surface area contributed by atoms with Gasteiger partial charge in [-0.05, 0) is 39.3 Å². The summed E-state index contributed by atoms with van der Waals surface area (Å²) in [6.07, 6.45) is 0. The summed E-state index contributed by atoms with van der Waals surface area (Å²) in [6.45, 7) is 21.7. The van der Waals surface area contributed by atoms with Crippen molar-refractivity contribution in [3.8, 4) is 0 Å². The average molecular weight is 457 g/mol. The Morgan fingerprint density at radius 1 is 0.577 bits per heavy atom. The highest BCUT2D eigenvalue weighted by molar-refractivity contribution is 6.92. The van der Waals surface area contributed by atoms with E-state index in [1.54, 1.807) is 0 Å². The molecule has 0 saturated carbocycles. The van der Waals surface area contributed by atoms with E-state index < -0.39 is 43.0 Å². The SMILES string of the molecule is C=C[Si](C)(C)O[Si](C)(O[Si](C)(C)C=C)O[Si](C)(C)O[Si](OC)(OC)OC. The molecule has 12 heteroatoms. The molecular formula is C14H36O7Si5. The van der Waals surface area contributed by atoms with Gasteiger partial charge in [0.05, 0.1) is 0 Å². The second-order valence-electron chi connectivity index (χ2n) is 7.40. The van der Waals surface area contributed by atoms with Gasteiger partial charge in [0.1, 0.15) is 0 Å².